The molecule has 0 heterocycles. The molecule has 0 aliphatic carbocycles. The van der Waals surface area contributed by atoms with Crippen LogP contribution in [0, 0.1) is 0 Å². The Hall–Kier alpha value is -0.520. The van der Waals surface area contributed by atoms with Gasteiger partial charge in [0.1, 0.15) is 0 Å². The van der Waals surface area contributed by atoms with Crippen LogP contribution in [0.3, 0.4) is 0 Å². The van der Waals surface area contributed by atoms with Gasteiger partial charge in [0.2, 0.25) is 0 Å². The zero-order valence-corrected chi connectivity index (χ0v) is 7.35. The maximum atomic E-state index is 2.28. The van der Waals surface area contributed by atoms with Gasteiger partial charge >= 0.3 is 0 Å². The van der Waals surface area contributed by atoms with E-state index >= 15 is 0 Å². The summed E-state index contributed by atoms with van der Waals surface area (Å²) < 4.78 is 0. The van der Waals surface area contributed by atoms with Crippen molar-refractivity contribution in [2.24, 2.45) is 0 Å². The Labute approximate surface area is 64.6 Å². The fourth-order valence-electron chi connectivity index (χ4n) is 0.862. The molecule has 0 radical (unpaired) electrons. The van der Waals surface area contributed by atoms with Crippen molar-refractivity contribution in [1.29, 1.82) is 0 Å². The second-order valence-electron chi connectivity index (χ2n) is 2.35. The first kappa shape index (κ1) is 9.48. The summed E-state index contributed by atoms with van der Waals surface area (Å²) in [6.07, 6.45) is 10.2. The molecule has 0 bridgehead atoms. The molecule has 0 saturated heterocycles. The molecule has 0 rings (SSSR count). The minimum Gasteiger partial charge on any atom is -0.0845 e. The predicted molar refractivity (Wildman–Crippen MR) is 48.1 cm³/mol. The standard InChI is InChI=1S/C10H18/c1-4-7-9-10(6-3)8-5-2/h7-9H,4-6H2,1-3H3/b9-7+,10-8+. The molecule has 0 amide bonds. The lowest BCUT2D eigenvalue weighted by molar-refractivity contribution is 1.09. The van der Waals surface area contributed by atoms with Crippen molar-refractivity contribution in [2.45, 2.75) is 40.0 Å². The van der Waals surface area contributed by atoms with E-state index in [1.165, 1.54) is 5.57 Å². The van der Waals surface area contributed by atoms with Gasteiger partial charge in [-0.2, -0.15) is 0 Å². The van der Waals surface area contributed by atoms with Crippen LogP contribution in [0.25, 0.3) is 0 Å². The lowest BCUT2D eigenvalue weighted by Gasteiger charge is -1.93. The van der Waals surface area contributed by atoms with Gasteiger partial charge in [0.25, 0.3) is 0 Å². The SMILES string of the molecule is CC/C=C/C(=C/CC)CC. The van der Waals surface area contributed by atoms with E-state index in [1.54, 1.807) is 0 Å². The van der Waals surface area contributed by atoms with Crippen molar-refractivity contribution in [3.63, 3.8) is 0 Å². The van der Waals surface area contributed by atoms with Crippen molar-refractivity contribution in [3.05, 3.63) is 23.8 Å². The minimum atomic E-state index is 1.14. The largest absolute Gasteiger partial charge is 0.0845 e. The number of rotatable bonds is 4. The number of hydrogen-bond donors (Lipinski definition) is 0. The van der Waals surface area contributed by atoms with Crippen LogP contribution in [0.2, 0.25) is 0 Å². The van der Waals surface area contributed by atoms with E-state index in [4.69, 9.17) is 0 Å². The van der Waals surface area contributed by atoms with Gasteiger partial charge < -0.3 is 0 Å². The Bertz CT molecular complexity index is 118. The molecule has 0 aliphatic rings. The molecule has 10 heavy (non-hydrogen) atoms. The fourth-order valence-corrected chi connectivity index (χ4v) is 0.862. The summed E-state index contributed by atoms with van der Waals surface area (Å²) in [7, 11) is 0. The topological polar surface area (TPSA) is 0 Å². The number of allylic oxidation sites excluding steroid dienone is 4. The van der Waals surface area contributed by atoms with Crippen LogP contribution < -0.4 is 0 Å². The Balaban J connectivity index is 3.82. The van der Waals surface area contributed by atoms with Crippen LogP contribution in [0.15, 0.2) is 23.8 Å². The van der Waals surface area contributed by atoms with E-state index < -0.39 is 0 Å². The summed E-state index contributed by atoms with van der Waals surface area (Å²) in [6.45, 7) is 6.53. The van der Waals surface area contributed by atoms with Crippen molar-refractivity contribution >= 4 is 0 Å². The highest BCUT2D eigenvalue weighted by atomic mass is 13.9. The van der Waals surface area contributed by atoms with E-state index in [9.17, 15) is 0 Å². The Morgan fingerprint density at radius 2 is 1.80 bits per heavy atom. The average molecular weight is 138 g/mol. The number of hydrogen-bond acceptors (Lipinski definition) is 0. The van der Waals surface area contributed by atoms with E-state index in [0.717, 1.165) is 19.3 Å². The first-order valence-electron chi connectivity index (χ1n) is 4.20. The molecule has 0 N–H and O–H groups in total. The highest BCUT2D eigenvalue weighted by Gasteiger charge is 1.83. The predicted octanol–water partition coefficient (Wildman–Crippen LogP) is 3.70. The van der Waals surface area contributed by atoms with Crippen LogP contribution >= 0.6 is 0 Å². The van der Waals surface area contributed by atoms with Crippen LogP contribution in [0.1, 0.15) is 40.0 Å². The normalized spacial score (nSPS) is 12.9. The first-order valence-corrected chi connectivity index (χ1v) is 4.20. The smallest absolute Gasteiger partial charge is 0.0311 e. The Kier molecular flexibility index (Phi) is 6.25. The molecule has 0 atom stereocenters. The molecule has 0 heteroatoms. The maximum absolute atomic E-state index is 2.28. The third kappa shape index (κ3) is 4.37. The molecule has 0 nitrogen and oxygen atoms in total. The summed E-state index contributed by atoms with van der Waals surface area (Å²) in [5, 5.41) is 0. The lowest BCUT2D eigenvalue weighted by Crippen LogP contribution is -1.73. The molecular weight excluding hydrogens is 120 g/mol. The molecule has 0 aromatic carbocycles. The van der Waals surface area contributed by atoms with Gasteiger partial charge in [0.05, 0.1) is 0 Å². The zero-order valence-electron chi connectivity index (χ0n) is 7.35. The van der Waals surface area contributed by atoms with Gasteiger partial charge in [-0.05, 0) is 19.3 Å². The van der Waals surface area contributed by atoms with Crippen LogP contribution in [-0.4, -0.2) is 0 Å². The summed E-state index contributed by atoms with van der Waals surface area (Å²) in [5.41, 5.74) is 1.46. The highest BCUT2D eigenvalue weighted by Crippen LogP contribution is 2.03. The molecule has 0 unspecified atom stereocenters. The van der Waals surface area contributed by atoms with Crippen molar-refractivity contribution < 1.29 is 0 Å². The summed E-state index contributed by atoms with van der Waals surface area (Å²) in [5.74, 6) is 0. The van der Waals surface area contributed by atoms with E-state index in [2.05, 4.69) is 39.0 Å². The summed E-state index contributed by atoms with van der Waals surface area (Å²) in [6, 6.07) is 0. The van der Waals surface area contributed by atoms with Gasteiger partial charge in [0.15, 0.2) is 0 Å². The third-order valence-electron chi connectivity index (χ3n) is 1.44. The monoisotopic (exact) mass is 138 g/mol. The molecular formula is C10H18. The Morgan fingerprint density at radius 3 is 2.20 bits per heavy atom. The second kappa shape index (κ2) is 6.60. The van der Waals surface area contributed by atoms with Gasteiger partial charge in [-0.15, -0.1) is 0 Å². The highest BCUT2D eigenvalue weighted by molar-refractivity contribution is 5.17. The van der Waals surface area contributed by atoms with Crippen molar-refractivity contribution in [1.82, 2.24) is 0 Å². The Morgan fingerprint density at radius 1 is 1.10 bits per heavy atom. The zero-order chi connectivity index (χ0) is 7.82. The van der Waals surface area contributed by atoms with Gasteiger partial charge in [-0.1, -0.05) is 44.6 Å². The minimum absolute atomic E-state index is 1.14. The molecule has 0 saturated carbocycles. The van der Waals surface area contributed by atoms with Crippen LogP contribution in [0.5, 0.6) is 0 Å². The van der Waals surface area contributed by atoms with E-state index in [-0.39, 0.29) is 0 Å². The van der Waals surface area contributed by atoms with E-state index in [0.29, 0.717) is 0 Å². The summed E-state index contributed by atoms with van der Waals surface area (Å²) in [4.78, 5) is 0. The van der Waals surface area contributed by atoms with Crippen LogP contribution in [0.4, 0.5) is 0 Å². The summed E-state index contributed by atoms with van der Waals surface area (Å²) >= 11 is 0. The van der Waals surface area contributed by atoms with E-state index in [1.807, 2.05) is 0 Å². The molecule has 0 aliphatic heterocycles. The van der Waals surface area contributed by atoms with Gasteiger partial charge in [-0.25, -0.2) is 0 Å². The van der Waals surface area contributed by atoms with Crippen LogP contribution in [-0.2, 0) is 0 Å². The quantitative estimate of drug-likeness (QED) is 0.520. The van der Waals surface area contributed by atoms with Crippen molar-refractivity contribution in [3.8, 4) is 0 Å². The molecule has 0 spiro atoms. The van der Waals surface area contributed by atoms with Gasteiger partial charge in [0, 0.05) is 0 Å². The lowest BCUT2D eigenvalue weighted by atomic mass is 10.1. The molecule has 0 fully saturated rings. The fraction of sp³-hybridized carbons (Fsp3) is 0.600. The first-order chi connectivity index (χ1) is 4.85. The maximum Gasteiger partial charge on any atom is -0.0311 e. The second-order valence-corrected chi connectivity index (χ2v) is 2.35. The van der Waals surface area contributed by atoms with Crippen molar-refractivity contribution in [2.75, 3.05) is 0 Å². The third-order valence-corrected chi connectivity index (χ3v) is 1.44. The molecule has 0 aromatic rings. The average Bonchev–Trinajstić information content (AvgIpc) is 1.98. The van der Waals surface area contributed by atoms with Gasteiger partial charge in [-0.3, -0.25) is 0 Å². The molecule has 0 aromatic heterocycles. The molecule has 58 valence electrons.